The number of para-hydroxylation sites is 1. The Morgan fingerprint density at radius 2 is 2.16 bits per heavy atom. The van der Waals surface area contributed by atoms with Crippen molar-refractivity contribution in [1.29, 1.82) is 0 Å². The highest BCUT2D eigenvalue weighted by Gasteiger charge is 2.17. The molecule has 0 saturated carbocycles. The maximum atomic E-state index is 10.8. The minimum Gasteiger partial charge on any atom is -0.396 e. The van der Waals surface area contributed by atoms with Gasteiger partial charge in [0.1, 0.15) is 5.69 Å². The van der Waals surface area contributed by atoms with Crippen molar-refractivity contribution in [2.24, 2.45) is 0 Å². The number of nitro benzene ring substituents is 1. The standard InChI is InChI=1S/C13H21N3O3/c1-10(2)15(7-4-8-17)9-11-5-3-6-12(13(11)14)16(18)19/h3,5-6,10,17H,4,7-9,14H2,1-2H3. The number of nitrogen functional groups attached to an aromatic ring is 1. The predicted octanol–water partition coefficient (Wildman–Crippen LogP) is 1.77. The van der Waals surface area contributed by atoms with Crippen molar-refractivity contribution in [3.63, 3.8) is 0 Å². The Balaban J connectivity index is 2.90. The van der Waals surface area contributed by atoms with Crippen LogP contribution in [0.3, 0.4) is 0 Å². The van der Waals surface area contributed by atoms with Gasteiger partial charge in [0.15, 0.2) is 0 Å². The first-order valence-electron chi connectivity index (χ1n) is 6.34. The number of aliphatic hydroxyl groups excluding tert-OH is 1. The molecule has 0 atom stereocenters. The fourth-order valence-electron chi connectivity index (χ4n) is 1.91. The van der Waals surface area contributed by atoms with Gasteiger partial charge in [0, 0.05) is 31.8 Å². The lowest BCUT2D eigenvalue weighted by atomic mass is 10.1. The zero-order valence-electron chi connectivity index (χ0n) is 11.4. The van der Waals surface area contributed by atoms with E-state index in [4.69, 9.17) is 10.8 Å². The van der Waals surface area contributed by atoms with E-state index < -0.39 is 4.92 Å². The highest BCUT2D eigenvalue weighted by Crippen LogP contribution is 2.26. The Hall–Kier alpha value is -1.66. The van der Waals surface area contributed by atoms with Crippen LogP contribution in [0, 0.1) is 10.1 Å². The van der Waals surface area contributed by atoms with E-state index in [1.807, 2.05) is 13.8 Å². The number of nitro groups is 1. The van der Waals surface area contributed by atoms with Crippen LogP contribution in [-0.2, 0) is 6.54 Å². The molecule has 0 aliphatic rings. The van der Waals surface area contributed by atoms with E-state index in [1.54, 1.807) is 12.1 Å². The second kappa shape index (κ2) is 7.06. The first-order valence-corrected chi connectivity index (χ1v) is 6.34. The molecule has 0 aliphatic carbocycles. The molecular weight excluding hydrogens is 246 g/mol. The summed E-state index contributed by atoms with van der Waals surface area (Å²) in [6.07, 6.45) is 0.674. The number of hydrogen-bond acceptors (Lipinski definition) is 5. The van der Waals surface area contributed by atoms with Crippen LogP contribution in [0.4, 0.5) is 11.4 Å². The Kier molecular flexibility index (Phi) is 5.72. The second-order valence-electron chi connectivity index (χ2n) is 4.75. The van der Waals surface area contributed by atoms with E-state index >= 15 is 0 Å². The SMILES string of the molecule is CC(C)N(CCCO)Cc1cccc([N+](=O)[O-])c1N. The normalized spacial score (nSPS) is 11.2. The van der Waals surface area contributed by atoms with Gasteiger partial charge in [0.2, 0.25) is 0 Å². The first kappa shape index (κ1) is 15.4. The average molecular weight is 267 g/mol. The molecular formula is C13H21N3O3. The van der Waals surface area contributed by atoms with E-state index in [0.717, 1.165) is 12.1 Å². The van der Waals surface area contributed by atoms with Crippen LogP contribution in [0.1, 0.15) is 25.8 Å². The summed E-state index contributed by atoms with van der Waals surface area (Å²) in [7, 11) is 0. The van der Waals surface area contributed by atoms with Crippen LogP contribution in [0.25, 0.3) is 0 Å². The van der Waals surface area contributed by atoms with Crippen LogP contribution >= 0.6 is 0 Å². The fourth-order valence-corrected chi connectivity index (χ4v) is 1.91. The Morgan fingerprint density at radius 3 is 2.68 bits per heavy atom. The third-order valence-corrected chi connectivity index (χ3v) is 3.08. The predicted molar refractivity (Wildman–Crippen MR) is 74.8 cm³/mol. The summed E-state index contributed by atoms with van der Waals surface area (Å²) in [6, 6.07) is 5.14. The van der Waals surface area contributed by atoms with Crippen LogP contribution in [0.15, 0.2) is 18.2 Å². The topological polar surface area (TPSA) is 92.6 Å². The molecule has 3 N–H and O–H groups in total. The van der Waals surface area contributed by atoms with Gasteiger partial charge in [-0.25, -0.2) is 0 Å². The average Bonchev–Trinajstić information content (AvgIpc) is 2.35. The molecule has 0 bridgehead atoms. The van der Waals surface area contributed by atoms with E-state index in [2.05, 4.69) is 4.90 Å². The molecule has 1 aromatic carbocycles. The lowest BCUT2D eigenvalue weighted by Crippen LogP contribution is -2.32. The highest BCUT2D eigenvalue weighted by molar-refractivity contribution is 5.62. The van der Waals surface area contributed by atoms with Crippen molar-refractivity contribution in [3.05, 3.63) is 33.9 Å². The lowest BCUT2D eigenvalue weighted by molar-refractivity contribution is -0.384. The summed E-state index contributed by atoms with van der Waals surface area (Å²) in [5.74, 6) is 0. The zero-order valence-corrected chi connectivity index (χ0v) is 11.4. The molecule has 0 amide bonds. The number of rotatable bonds is 7. The molecule has 0 radical (unpaired) electrons. The molecule has 0 fully saturated rings. The van der Waals surface area contributed by atoms with Gasteiger partial charge >= 0.3 is 0 Å². The maximum absolute atomic E-state index is 10.8. The summed E-state index contributed by atoms with van der Waals surface area (Å²) in [5.41, 5.74) is 6.77. The number of nitrogens with two attached hydrogens (primary N) is 1. The number of anilines is 1. The van der Waals surface area contributed by atoms with Crippen molar-refractivity contribution in [3.8, 4) is 0 Å². The molecule has 0 heterocycles. The van der Waals surface area contributed by atoms with Crippen molar-refractivity contribution in [1.82, 2.24) is 4.90 Å². The monoisotopic (exact) mass is 267 g/mol. The van der Waals surface area contributed by atoms with Gasteiger partial charge in [-0.2, -0.15) is 0 Å². The quantitative estimate of drug-likeness (QED) is 0.446. The molecule has 0 aliphatic heterocycles. The van der Waals surface area contributed by atoms with Gasteiger partial charge in [-0.05, 0) is 25.8 Å². The summed E-state index contributed by atoms with van der Waals surface area (Å²) in [6.45, 7) is 5.50. The second-order valence-corrected chi connectivity index (χ2v) is 4.75. The zero-order chi connectivity index (χ0) is 14.4. The van der Waals surface area contributed by atoms with Gasteiger partial charge in [0.25, 0.3) is 5.69 Å². The number of nitrogens with zero attached hydrogens (tertiary/aromatic N) is 2. The smallest absolute Gasteiger partial charge is 0.292 e. The van der Waals surface area contributed by atoms with Crippen molar-refractivity contribution >= 4 is 11.4 Å². The van der Waals surface area contributed by atoms with Gasteiger partial charge in [-0.15, -0.1) is 0 Å². The molecule has 6 heteroatoms. The molecule has 106 valence electrons. The maximum Gasteiger partial charge on any atom is 0.292 e. The number of benzene rings is 1. The summed E-state index contributed by atoms with van der Waals surface area (Å²) in [5, 5.41) is 19.7. The van der Waals surface area contributed by atoms with Gasteiger partial charge in [-0.3, -0.25) is 15.0 Å². The number of hydrogen-bond donors (Lipinski definition) is 2. The van der Waals surface area contributed by atoms with Crippen LogP contribution in [0.2, 0.25) is 0 Å². The Bertz CT molecular complexity index is 435. The highest BCUT2D eigenvalue weighted by atomic mass is 16.6. The Labute approximate surface area is 113 Å². The third kappa shape index (κ3) is 4.18. The van der Waals surface area contributed by atoms with Gasteiger partial charge in [-0.1, -0.05) is 12.1 Å². The Morgan fingerprint density at radius 1 is 1.47 bits per heavy atom. The molecule has 0 unspecified atom stereocenters. The van der Waals surface area contributed by atoms with Gasteiger partial charge in [0.05, 0.1) is 4.92 Å². The van der Waals surface area contributed by atoms with Crippen molar-refractivity contribution < 1.29 is 10.0 Å². The largest absolute Gasteiger partial charge is 0.396 e. The lowest BCUT2D eigenvalue weighted by Gasteiger charge is -2.26. The minimum atomic E-state index is -0.466. The molecule has 0 saturated heterocycles. The van der Waals surface area contributed by atoms with E-state index in [0.29, 0.717) is 13.0 Å². The van der Waals surface area contributed by atoms with E-state index in [9.17, 15) is 10.1 Å². The summed E-state index contributed by atoms with van der Waals surface area (Å²) >= 11 is 0. The number of aliphatic hydroxyl groups is 1. The molecule has 0 spiro atoms. The van der Waals surface area contributed by atoms with E-state index in [-0.39, 0.29) is 24.0 Å². The summed E-state index contributed by atoms with van der Waals surface area (Å²) in [4.78, 5) is 12.5. The first-order chi connectivity index (χ1) is 8.97. The van der Waals surface area contributed by atoms with Crippen LogP contribution in [-0.4, -0.2) is 34.1 Å². The van der Waals surface area contributed by atoms with Crippen LogP contribution in [0.5, 0.6) is 0 Å². The van der Waals surface area contributed by atoms with Crippen molar-refractivity contribution in [2.75, 3.05) is 18.9 Å². The molecule has 6 nitrogen and oxygen atoms in total. The molecule has 1 rings (SSSR count). The van der Waals surface area contributed by atoms with E-state index in [1.165, 1.54) is 6.07 Å². The van der Waals surface area contributed by atoms with Gasteiger partial charge < -0.3 is 10.8 Å². The molecule has 19 heavy (non-hydrogen) atoms. The van der Waals surface area contributed by atoms with Crippen LogP contribution < -0.4 is 5.73 Å². The van der Waals surface area contributed by atoms with Crippen molar-refractivity contribution in [2.45, 2.75) is 32.9 Å². The molecule has 1 aromatic rings. The summed E-state index contributed by atoms with van der Waals surface area (Å²) < 4.78 is 0. The minimum absolute atomic E-state index is 0.0524. The molecule has 0 aromatic heterocycles. The fraction of sp³-hybridized carbons (Fsp3) is 0.538. The third-order valence-electron chi connectivity index (χ3n) is 3.08.